The van der Waals surface area contributed by atoms with Crippen molar-refractivity contribution < 1.29 is 4.79 Å². The Morgan fingerprint density at radius 2 is 1.29 bits per heavy atom. The van der Waals surface area contributed by atoms with Crippen LogP contribution in [0.1, 0.15) is 43.7 Å². The fourth-order valence-corrected chi connectivity index (χ4v) is 3.43. The van der Waals surface area contributed by atoms with Gasteiger partial charge in [-0.15, -0.1) is 0 Å². The fourth-order valence-electron chi connectivity index (χ4n) is 2.65. The molecule has 2 aromatic carbocycles. The molecule has 0 unspecified atom stereocenters. The highest BCUT2D eigenvalue weighted by atomic mass is 79.9. The Labute approximate surface area is 143 Å². The van der Waals surface area contributed by atoms with Gasteiger partial charge in [0.25, 0.3) is 0 Å². The van der Waals surface area contributed by atoms with Crippen molar-refractivity contribution in [2.75, 3.05) is 0 Å². The summed E-state index contributed by atoms with van der Waals surface area (Å²) in [6, 6.07) is 5.69. The van der Waals surface area contributed by atoms with Crippen molar-refractivity contribution >= 4 is 37.6 Å². The number of hydrogen-bond donors (Lipinski definition) is 0. The molecule has 3 heteroatoms. The molecule has 0 aromatic heterocycles. The third-order valence-electron chi connectivity index (χ3n) is 4.40. The smallest absolute Gasteiger partial charge is 0.194 e. The van der Waals surface area contributed by atoms with Crippen molar-refractivity contribution in [2.45, 2.75) is 34.6 Å². The molecule has 0 aliphatic heterocycles. The first kappa shape index (κ1) is 16.4. The van der Waals surface area contributed by atoms with E-state index in [1.54, 1.807) is 0 Å². The second-order valence-electron chi connectivity index (χ2n) is 5.45. The van der Waals surface area contributed by atoms with Gasteiger partial charge in [-0.05, 0) is 80.6 Å². The maximum Gasteiger partial charge on any atom is 0.194 e. The van der Waals surface area contributed by atoms with Crippen LogP contribution in [0.15, 0.2) is 27.1 Å². The van der Waals surface area contributed by atoms with E-state index in [9.17, 15) is 4.79 Å². The summed E-state index contributed by atoms with van der Waals surface area (Å²) in [5, 5.41) is 0. The molecule has 0 radical (unpaired) electrons. The summed E-state index contributed by atoms with van der Waals surface area (Å²) in [5.74, 6) is 0.0735. The third kappa shape index (κ3) is 2.86. The van der Waals surface area contributed by atoms with Crippen LogP contribution in [-0.2, 0) is 0 Å². The van der Waals surface area contributed by atoms with E-state index in [2.05, 4.69) is 52.6 Å². The summed E-state index contributed by atoms with van der Waals surface area (Å²) in [4.78, 5) is 13.0. The minimum absolute atomic E-state index is 0.0735. The third-order valence-corrected chi connectivity index (χ3v) is 5.58. The van der Waals surface area contributed by atoms with E-state index in [1.807, 2.05) is 32.0 Å². The Hall–Kier alpha value is -0.930. The van der Waals surface area contributed by atoms with E-state index in [0.29, 0.717) is 5.56 Å². The van der Waals surface area contributed by atoms with Crippen molar-refractivity contribution in [1.82, 2.24) is 0 Å². The SMILES string of the molecule is Cc1c(C)c(C)c(C(=O)c2cc(Br)ccc2Br)c(C)c1C. The van der Waals surface area contributed by atoms with Crippen molar-refractivity contribution in [2.24, 2.45) is 0 Å². The molecule has 0 heterocycles. The van der Waals surface area contributed by atoms with E-state index in [0.717, 1.165) is 25.6 Å². The number of ketones is 1. The fraction of sp³-hybridized carbons (Fsp3) is 0.278. The lowest BCUT2D eigenvalue weighted by Gasteiger charge is -2.18. The number of benzene rings is 2. The zero-order valence-electron chi connectivity index (χ0n) is 12.9. The van der Waals surface area contributed by atoms with E-state index < -0.39 is 0 Å². The van der Waals surface area contributed by atoms with Crippen LogP contribution in [0.3, 0.4) is 0 Å². The quantitative estimate of drug-likeness (QED) is 0.557. The minimum atomic E-state index is 0.0735. The standard InChI is InChI=1S/C18H18Br2O/c1-9-10(2)12(4)17(13(5)11(9)3)18(21)15-8-14(19)6-7-16(15)20/h6-8H,1-5H3. The monoisotopic (exact) mass is 408 g/mol. The lowest BCUT2D eigenvalue weighted by molar-refractivity contribution is 0.103. The largest absolute Gasteiger partial charge is 0.289 e. The Balaban J connectivity index is 2.73. The molecule has 2 rings (SSSR count). The molecular weight excluding hydrogens is 392 g/mol. The molecule has 110 valence electrons. The van der Waals surface area contributed by atoms with Gasteiger partial charge in [-0.1, -0.05) is 31.9 Å². The van der Waals surface area contributed by atoms with E-state index >= 15 is 0 Å². The van der Waals surface area contributed by atoms with Crippen LogP contribution in [0.25, 0.3) is 0 Å². The number of carbonyl (C=O) groups excluding carboxylic acids is 1. The average Bonchev–Trinajstić information content (AvgIpc) is 2.45. The molecule has 0 saturated heterocycles. The molecule has 0 saturated carbocycles. The predicted molar refractivity (Wildman–Crippen MR) is 95.4 cm³/mol. The summed E-state index contributed by atoms with van der Waals surface area (Å²) < 4.78 is 1.73. The number of rotatable bonds is 2. The van der Waals surface area contributed by atoms with Crippen LogP contribution in [0.5, 0.6) is 0 Å². The van der Waals surface area contributed by atoms with Gasteiger partial charge in [0.2, 0.25) is 0 Å². The first-order valence-electron chi connectivity index (χ1n) is 6.82. The van der Waals surface area contributed by atoms with Crippen LogP contribution in [0, 0.1) is 34.6 Å². The van der Waals surface area contributed by atoms with Crippen LogP contribution >= 0.6 is 31.9 Å². The van der Waals surface area contributed by atoms with E-state index in [4.69, 9.17) is 0 Å². The molecule has 0 atom stereocenters. The summed E-state index contributed by atoms with van der Waals surface area (Å²) in [6.45, 7) is 10.4. The van der Waals surface area contributed by atoms with Crippen LogP contribution < -0.4 is 0 Å². The molecule has 0 N–H and O–H groups in total. The van der Waals surface area contributed by atoms with Crippen LogP contribution in [0.2, 0.25) is 0 Å². The van der Waals surface area contributed by atoms with Crippen molar-refractivity contribution in [1.29, 1.82) is 0 Å². The van der Waals surface area contributed by atoms with Crippen molar-refractivity contribution in [3.63, 3.8) is 0 Å². The average molecular weight is 410 g/mol. The number of carbonyl (C=O) groups is 1. The summed E-state index contributed by atoms with van der Waals surface area (Å²) in [7, 11) is 0. The number of hydrogen-bond acceptors (Lipinski definition) is 1. The van der Waals surface area contributed by atoms with Gasteiger partial charge < -0.3 is 0 Å². The highest BCUT2D eigenvalue weighted by molar-refractivity contribution is 9.11. The highest BCUT2D eigenvalue weighted by Gasteiger charge is 2.21. The molecular formula is C18H18Br2O. The lowest BCUT2D eigenvalue weighted by atomic mass is 9.86. The molecule has 0 fully saturated rings. The molecule has 0 amide bonds. The van der Waals surface area contributed by atoms with Crippen LogP contribution in [-0.4, -0.2) is 5.78 Å². The van der Waals surface area contributed by atoms with Gasteiger partial charge in [0.15, 0.2) is 5.78 Å². The summed E-state index contributed by atoms with van der Waals surface area (Å²) >= 11 is 6.93. The molecule has 0 aliphatic rings. The summed E-state index contributed by atoms with van der Waals surface area (Å²) in [6.07, 6.45) is 0. The lowest BCUT2D eigenvalue weighted by Crippen LogP contribution is -2.11. The molecule has 2 aromatic rings. The Morgan fingerprint density at radius 1 is 0.810 bits per heavy atom. The Kier molecular flexibility index (Phi) is 4.74. The second-order valence-corrected chi connectivity index (χ2v) is 7.22. The molecule has 0 bridgehead atoms. The topological polar surface area (TPSA) is 17.1 Å². The van der Waals surface area contributed by atoms with Gasteiger partial charge in [0.1, 0.15) is 0 Å². The van der Waals surface area contributed by atoms with E-state index in [-0.39, 0.29) is 5.78 Å². The van der Waals surface area contributed by atoms with Gasteiger partial charge in [-0.2, -0.15) is 0 Å². The zero-order chi connectivity index (χ0) is 15.9. The highest BCUT2D eigenvalue weighted by Crippen LogP contribution is 2.30. The van der Waals surface area contributed by atoms with Crippen molar-refractivity contribution in [3.8, 4) is 0 Å². The van der Waals surface area contributed by atoms with Gasteiger partial charge in [-0.3, -0.25) is 4.79 Å². The first-order chi connectivity index (χ1) is 9.75. The Bertz CT molecular complexity index is 716. The number of halogens is 2. The van der Waals surface area contributed by atoms with E-state index in [1.165, 1.54) is 16.7 Å². The minimum Gasteiger partial charge on any atom is -0.289 e. The van der Waals surface area contributed by atoms with Gasteiger partial charge in [0.05, 0.1) is 0 Å². The second kappa shape index (κ2) is 6.05. The van der Waals surface area contributed by atoms with Crippen molar-refractivity contribution in [3.05, 3.63) is 66.1 Å². The van der Waals surface area contributed by atoms with Crippen LogP contribution in [0.4, 0.5) is 0 Å². The maximum absolute atomic E-state index is 13.0. The van der Waals surface area contributed by atoms with Gasteiger partial charge in [0, 0.05) is 20.1 Å². The molecule has 21 heavy (non-hydrogen) atoms. The normalized spacial score (nSPS) is 10.8. The maximum atomic E-state index is 13.0. The molecule has 0 spiro atoms. The van der Waals surface area contributed by atoms with Gasteiger partial charge in [-0.25, -0.2) is 0 Å². The summed E-state index contributed by atoms with van der Waals surface area (Å²) in [5.41, 5.74) is 7.35. The predicted octanol–water partition coefficient (Wildman–Crippen LogP) is 5.98. The first-order valence-corrected chi connectivity index (χ1v) is 8.41. The Morgan fingerprint density at radius 3 is 1.81 bits per heavy atom. The zero-order valence-corrected chi connectivity index (χ0v) is 16.1. The molecule has 0 aliphatic carbocycles. The molecule has 1 nitrogen and oxygen atoms in total. The van der Waals surface area contributed by atoms with Gasteiger partial charge >= 0.3 is 0 Å².